The fourth-order valence-electron chi connectivity index (χ4n) is 3.56. The Bertz CT molecular complexity index is 1400. The van der Waals surface area contributed by atoms with Gasteiger partial charge in [-0.15, -0.1) is 10.2 Å². The average Bonchev–Trinajstić information content (AvgIpc) is 3.47. The van der Waals surface area contributed by atoms with E-state index in [1.807, 2.05) is 60.9 Å². The van der Waals surface area contributed by atoms with Crippen molar-refractivity contribution in [3.8, 4) is 22.6 Å². The van der Waals surface area contributed by atoms with E-state index in [0.717, 1.165) is 16.5 Å². The molecular formula is C24H20N6O2. The monoisotopic (exact) mass is 424 g/mol. The normalized spacial score (nSPS) is 11.2. The fourth-order valence-corrected chi connectivity index (χ4v) is 3.56. The van der Waals surface area contributed by atoms with Crippen LogP contribution in [0.5, 0.6) is 0 Å². The highest BCUT2D eigenvalue weighted by atomic mass is 16.3. The summed E-state index contributed by atoms with van der Waals surface area (Å²) in [6.07, 6.45) is 5.18. The van der Waals surface area contributed by atoms with Crippen LogP contribution in [0.4, 0.5) is 5.82 Å². The molecule has 0 spiro atoms. The molecule has 0 atom stereocenters. The van der Waals surface area contributed by atoms with Gasteiger partial charge in [0, 0.05) is 29.4 Å². The second-order valence-corrected chi connectivity index (χ2v) is 7.59. The van der Waals surface area contributed by atoms with E-state index >= 15 is 0 Å². The molecule has 4 aromatic heterocycles. The lowest BCUT2D eigenvalue weighted by Crippen LogP contribution is -2.12. The van der Waals surface area contributed by atoms with Gasteiger partial charge < -0.3 is 14.3 Å². The van der Waals surface area contributed by atoms with E-state index in [4.69, 9.17) is 4.42 Å². The van der Waals surface area contributed by atoms with Crippen LogP contribution in [-0.2, 0) is 0 Å². The lowest BCUT2D eigenvalue weighted by Gasteiger charge is -2.10. The first-order valence-corrected chi connectivity index (χ1v) is 10.2. The quantitative estimate of drug-likeness (QED) is 0.427. The second-order valence-electron chi connectivity index (χ2n) is 7.59. The third-order valence-corrected chi connectivity index (χ3v) is 5.11. The fraction of sp³-hybridized carbons (Fsp3) is 0.125. The number of furan rings is 1. The summed E-state index contributed by atoms with van der Waals surface area (Å²) < 4.78 is 7.75. The molecule has 0 saturated carbocycles. The van der Waals surface area contributed by atoms with Gasteiger partial charge in [-0.25, -0.2) is 4.98 Å². The number of anilines is 1. The van der Waals surface area contributed by atoms with Gasteiger partial charge in [0.2, 0.25) is 0 Å². The van der Waals surface area contributed by atoms with E-state index in [1.54, 1.807) is 30.9 Å². The number of pyridine rings is 2. The maximum absolute atomic E-state index is 12.9. The summed E-state index contributed by atoms with van der Waals surface area (Å²) in [6, 6.07) is 16.9. The molecule has 8 nitrogen and oxygen atoms in total. The molecule has 8 heteroatoms. The molecule has 0 saturated heterocycles. The standard InChI is InChI=1S/C24H20N6O2/c1-15(2)30-14-26-29-23(30)19-8-4-10-22(27-19)28-24(31)21-12-18-17(7-3-9-20(18)32-21)16-6-5-11-25-13-16/h3-15H,1-2H3,(H,27,28,31). The smallest absolute Gasteiger partial charge is 0.292 e. The molecule has 1 N–H and O–H groups in total. The highest BCUT2D eigenvalue weighted by Gasteiger charge is 2.17. The van der Waals surface area contributed by atoms with Crippen molar-refractivity contribution in [2.45, 2.75) is 19.9 Å². The molecule has 4 heterocycles. The van der Waals surface area contributed by atoms with Gasteiger partial charge in [0.15, 0.2) is 11.6 Å². The van der Waals surface area contributed by atoms with Crippen molar-refractivity contribution in [3.05, 3.63) is 79.1 Å². The minimum atomic E-state index is -0.381. The van der Waals surface area contributed by atoms with Gasteiger partial charge in [-0.2, -0.15) is 0 Å². The number of benzene rings is 1. The number of nitrogens with zero attached hydrogens (tertiary/aromatic N) is 5. The van der Waals surface area contributed by atoms with Crippen molar-refractivity contribution in [3.63, 3.8) is 0 Å². The van der Waals surface area contributed by atoms with Crippen LogP contribution in [0.1, 0.15) is 30.4 Å². The Balaban J connectivity index is 1.44. The Labute approximate surface area is 184 Å². The third kappa shape index (κ3) is 3.62. The number of rotatable bonds is 5. The summed E-state index contributed by atoms with van der Waals surface area (Å²) in [5.74, 6) is 0.863. The summed E-state index contributed by atoms with van der Waals surface area (Å²) >= 11 is 0. The maximum atomic E-state index is 12.9. The van der Waals surface area contributed by atoms with Gasteiger partial charge in [0.1, 0.15) is 23.4 Å². The van der Waals surface area contributed by atoms with E-state index in [9.17, 15) is 4.79 Å². The number of hydrogen-bond acceptors (Lipinski definition) is 6. The van der Waals surface area contributed by atoms with Crippen LogP contribution in [-0.4, -0.2) is 30.6 Å². The first-order chi connectivity index (χ1) is 15.6. The van der Waals surface area contributed by atoms with Gasteiger partial charge in [0.05, 0.1) is 0 Å². The van der Waals surface area contributed by atoms with Crippen LogP contribution in [0.15, 0.2) is 77.7 Å². The van der Waals surface area contributed by atoms with Crippen molar-refractivity contribution in [2.75, 3.05) is 5.32 Å². The topological polar surface area (TPSA) is 98.7 Å². The van der Waals surface area contributed by atoms with Gasteiger partial charge in [-0.05, 0) is 49.7 Å². The summed E-state index contributed by atoms with van der Waals surface area (Å²) in [5, 5.41) is 11.8. The maximum Gasteiger partial charge on any atom is 0.292 e. The Morgan fingerprint density at radius 3 is 2.78 bits per heavy atom. The minimum Gasteiger partial charge on any atom is -0.451 e. The molecule has 32 heavy (non-hydrogen) atoms. The zero-order chi connectivity index (χ0) is 22.1. The Morgan fingerprint density at radius 1 is 1.09 bits per heavy atom. The van der Waals surface area contributed by atoms with Crippen molar-refractivity contribution < 1.29 is 9.21 Å². The average molecular weight is 424 g/mol. The highest BCUT2D eigenvalue weighted by Crippen LogP contribution is 2.31. The molecule has 0 aliphatic heterocycles. The predicted octanol–water partition coefficient (Wildman–Crippen LogP) is 4.98. The van der Waals surface area contributed by atoms with Crippen molar-refractivity contribution in [1.82, 2.24) is 24.7 Å². The summed E-state index contributed by atoms with van der Waals surface area (Å²) in [7, 11) is 0. The van der Waals surface area contributed by atoms with Crippen molar-refractivity contribution >= 4 is 22.7 Å². The third-order valence-electron chi connectivity index (χ3n) is 5.11. The number of carbonyl (C=O) groups excluding carboxylic acids is 1. The summed E-state index contributed by atoms with van der Waals surface area (Å²) in [6.45, 7) is 4.08. The van der Waals surface area contributed by atoms with Gasteiger partial charge >= 0.3 is 0 Å². The first kappa shape index (κ1) is 19.6. The largest absolute Gasteiger partial charge is 0.451 e. The molecule has 1 aromatic carbocycles. The Hall–Kier alpha value is -4.33. The number of fused-ring (bicyclic) bond motifs is 1. The molecule has 0 fully saturated rings. The lowest BCUT2D eigenvalue weighted by atomic mass is 10.0. The van der Waals surface area contributed by atoms with Crippen LogP contribution >= 0.6 is 0 Å². The highest BCUT2D eigenvalue weighted by molar-refractivity contribution is 6.06. The van der Waals surface area contributed by atoms with E-state index in [2.05, 4.69) is 25.5 Å². The Morgan fingerprint density at radius 2 is 1.97 bits per heavy atom. The summed E-state index contributed by atoms with van der Waals surface area (Å²) in [4.78, 5) is 21.6. The molecule has 0 radical (unpaired) electrons. The number of aromatic nitrogens is 5. The number of nitrogens with one attached hydrogen (secondary N) is 1. The predicted molar refractivity (Wildman–Crippen MR) is 121 cm³/mol. The molecule has 1 amide bonds. The van der Waals surface area contributed by atoms with Crippen molar-refractivity contribution in [2.24, 2.45) is 0 Å². The van der Waals surface area contributed by atoms with Crippen LogP contribution in [0.2, 0.25) is 0 Å². The van der Waals surface area contributed by atoms with Crippen LogP contribution in [0, 0.1) is 0 Å². The molecule has 0 unspecified atom stereocenters. The van der Waals surface area contributed by atoms with E-state index in [-0.39, 0.29) is 17.7 Å². The zero-order valence-corrected chi connectivity index (χ0v) is 17.6. The van der Waals surface area contributed by atoms with E-state index in [1.165, 1.54) is 0 Å². The molecule has 5 aromatic rings. The molecule has 0 aliphatic carbocycles. The van der Waals surface area contributed by atoms with Crippen LogP contribution in [0.25, 0.3) is 33.6 Å². The van der Waals surface area contributed by atoms with Gasteiger partial charge in [-0.1, -0.05) is 24.3 Å². The molecule has 0 bridgehead atoms. The van der Waals surface area contributed by atoms with Crippen LogP contribution in [0.3, 0.4) is 0 Å². The lowest BCUT2D eigenvalue weighted by molar-refractivity contribution is 0.0998. The zero-order valence-electron chi connectivity index (χ0n) is 17.6. The van der Waals surface area contributed by atoms with E-state index < -0.39 is 0 Å². The summed E-state index contributed by atoms with van der Waals surface area (Å²) in [5.41, 5.74) is 3.15. The Kier molecular flexibility index (Phi) is 4.95. The SMILES string of the molecule is CC(C)n1cnnc1-c1cccc(NC(=O)c2cc3c(-c4cccnc4)cccc3o2)n1. The second kappa shape index (κ2) is 8.07. The number of amides is 1. The van der Waals surface area contributed by atoms with Crippen LogP contribution < -0.4 is 5.32 Å². The number of carbonyl (C=O) groups is 1. The molecule has 158 valence electrons. The van der Waals surface area contributed by atoms with Crippen molar-refractivity contribution in [1.29, 1.82) is 0 Å². The minimum absolute atomic E-state index is 0.185. The molecule has 5 rings (SSSR count). The first-order valence-electron chi connectivity index (χ1n) is 10.2. The molecule has 0 aliphatic rings. The number of hydrogen-bond donors (Lipinski definition) is 1. The van der Waals surface area contributed by atoms with Gasteiger partial charge in [-0.3, -0.25) is 9.78 Å². The van der Waals surface area contributed by atoms with Gasteiger partial charge in [0.25, 0.3) is 5.91 Å². The van der Waals surface area contributed by atoms with E-state index in [0.29, 0.717) is 22.9 Å². The molecular weight excluding hydrogens is 404 g/mol.